The molecule has 192 valence electrons. The number of aromatic nitrogens is 3. The molecule has 8 nitrogen and oxygen atoms in total. The van der Waals surface area contributed by atoms with Crippen molar-refractivity contribution in [3.8, 4) is 17.0 Å². The molecule has 37 heavy (non-hydrogen) atoms. The summed E-state index contributed by atoms with van der Waals surface area (Å²) in [5, 5.41) is 8.18. The number of nitrogens with one attached hydrogen (secondary N) is 1. The molecule has 0 bridgehead atoms. The third-order valence-electron chi connectivity index (χ3n) is 6.61. The molecule has 5 rings (SSSR count). The number of aryl methyl sites for hydroxylation is 1. The van der Waals surface area contributed by atoms with Crippen molar-refractivity contribution in [3.05, 3.63) is 77.2 Å². The second-order valence-corrected chi connectivity index (χ2v) is 11.4. The monoisotopic (exact) mass is 522 g/mol. The summed E-state index contributed by atoms with van der Waals surface area (Å²) in [6.07, 6.45) is 0.990. The summed E-state index contributed by atoms with van der Waals surface area (Å²) in [6, 6.07) is 14.9. The Morgan fingerprint density at radius 3 is 2.68 bits per heavy atom. The Bertz CT molecular complexity index is 1580. The lowest BCUT2D eigenvalue weighted by molar-refractivity contribution is 0.0955. The summed E-state index contributed by atoms with van der Waals surface area (Å²) in [4.78, 5) is 18.3. The van der Waals surface area contributed by atoms with Gasteiger partial charge < -0.3 is 10.1 Å². The van der Waals surface area contributed by atoms with E-state index in [1.807, 2.05) is 24.3 Å². The van der Waals surface area contributed by atoms with Gasteiger partial charge in [0.05, 0.1) is 47.0 Å². The van der Waals surface area contributed by atoms with Gasteiger partial charge in [-0.1, -0.05) is 24.3 Å². The quantitative estimate of drug-likeness (QED) is 0.395. The number of ether oxygens (including phenoxy) is 1. The Labute approximate surface area is 214 Å². The zero-order valence-corrected chi connectivity index (χ0v) is 21.4. The Balaban J connectivity index is 1.54. The first kappa shape index (κ1) is 24.9. The highest BCUT2D eigenvalue weighted by Gasteiger charge is 2.32. The first-order valence-electron chi connectivity index (χ1n) is 12.0. The smallest absolute Gasteiger partial charge is 0.252 e. The number of hydrogen-bond acceptors (Lipinski definition) is 6. The van der Waals surface area contributed by atoms with Gasteiger partial charge in [0.25, 0.3) is 5.91 Å². The van der Waals surface area contributed by atoms with Gasteiger partial charge in [0.2, 0.25) is 0 Å². The van der Waals surface area contributed by atoms with Crippen molar-refractivity contribution >= 4 is 26.8 Å². The van der Waals surface area contributed by atoms with Crippen molar-refractivity contribution in [2.24, 2.45) is 0 Å². The predicted molar refractivity (Wildman–Crippen MR) is 139 cm³/mol. The molecule has 1 fully saturated rings. The summed E-state index contributed by atoms with van der Waals surface area (Å²) in [6.45, 7) is 2.15. The van der Waals surface area contributed by atoms with E-state index in [1.165, 1.54) is 12.1 Å². The van der Waals surface area contributed by atoms with E-state index < -0.39 is 9.84 Å². The summed E-state index contributed by atoms with van der Waals surface area (Å²) >= 11 is 0. The fourth-order valence-corrected chi connectivity index (χ4v) is 6.40. The molecule has 1 unspecified atom stereocenters. The number of halogens is 1. The van der Waals surface area contributed by atoms with Gasteiger partial charge in [0.1, 0.15) is 11.6 Å². The Morgan fingerprint density at radius 2 is 1.97 bits per heavy atom. The second-order valence-electron chi connectivity index (χ2n) is 9.20. The van der Waals surface area contributed by atoms with Crippen LogP contribution in [0.15, 0.2) is 54.6 Å². The van der Waals surface area contributed by atoms with E-state index in [-0.39, 0.29) is 29.3 Å². The number of benzene rings is 2. The first-order chi connectivity index (χ1) is 17.7. The van der Waals surface area contributed by atoms with E-state index in [0.717, 1.165) is 11.1 Å². The van der Waals surface area contributed by atoms with E-state index in [1.54, 1.807) is 36.9 Å². The lowest BCUT2D eigenvalue weighted by Crippen LogP contribution is -2.26. The van der Waals surface area contributed by atoms with Crippen molar-refractivity contribution in [1.29, 1.82) is 0 Å². The minimum atomic E-state index is -3.15. The van der Waals surface area contributed by atoms with Crippen molar-refractivity contribution in [2.75, 3.05) is 25.2 Å². The van der Waals surface area contributed by atoms with E-state index >= 15 is 0 Å². The molecule has 1 atom stereocenters. The summed E-state index contributed by atoms with van der Waals surface area (Å²) < 4.78 is 44.6. The number of carbonyl (C=O) groups excluding carboxylic acids is 1. The van der Waals surface area contributed by atoms with Crippen LogP contribution >= 0.6 is 0 Å². The third-order valence-corrected chi connectivity index (χ3v) is 8.36. The minimum absolute atomic E-state index is 0.00646. The van der Waals surface area contributed by atoms with Crippen LogP contribution in [-0.4, -0.2) is 54.2 Å². The number of nitrogens with zero attached hydrogens (tertiary/aromatic N) is 3. The van der Waals surface area contributed by atoms with Crippen LogP contribution < -0.4 is 10.1 Å². The largest absolute Gasteiger partial charge is 0.497 e. The number of methoxy groups -OCH3 is 1. The Kier molecular flexibility index (Phi) is 6.68. The third kappa shape index (κ3) is 5.20. The van der Waals surface area contributed by atoms with Crippen LogP contribution in [0.1, 0.15) is 34.1 Å². The van der Waals surface area contributed by atoms with E-state index in [9.17, 15) is 17.6 Å². The SMILES string of the molecule is COc1cccc(-c2cc(C(=O)NCCc3ccc(F)cc3)c3c(C)nn(C4CCS(=O)(=O)C4)c3n2)c1. The topological polar surface area (TPSA) is 103 Å². The number of sulfone groups is 1. The molecule has 10 heteroatoms. The predicted octanol–water partition coefficient (Wildman–Crippen LogP) is 3.89. The molecule has 0 spiro atoms. The molecule has 3 heterocycles. The van der Waals surface area contributed by atoms with Crippen LogP contribution in [0.2, 0.25) is 0 Å². The van der Waals surface area contributed by atoms with Crippen molar-refractivity contribution in [1.82, 2.24) is 20.1 Å². The number of carbonyl (C=O) groups is 1. The van der Waals surface area contributed by atoms with Gasteiger partial charge in [0.15, 0.2) is 15.5 Å². The van der Waals surface area contributed by atoms with E-state index in [0.29, 0.717) is 53.1 Å². The summed E-state index contributed by atoms with van der Waals surface area (Å²) in [5.41, 5.74) is 3.70. The van der Waals surface area contributed by atoms with Crippen molar-refractivity contribution in [2.45, 2.75) is 25.8 Å². The van der Waals surface area contributed by atoms with Gasteiger partial charge in [-0.15, -0.1) is 0 Å². The maximum atomic E-state index is 13.4. The molecule has 1 aliphatic rings. The molecule has 1 N–H and O–H groups in total. The highest BCUT2D eigenvalue weighted by Crippen LogP contribution is 2.32. The second kappa shape index (κ2) is 9.93. The molecule has 0 saturated carbocycles. The standard InChI is InChI=1S/C27H27FN4O4S/c1-17-25-23(27(33)29-12-10-18-6-8-20(28)9-7-18)15-24(19-4-3-5-22(14-19)36-2)30-26(25)32(31-17)21-11-13-37(34,35)16-21/h3-9,14-15,21H,10-13,16H2,1-2H3,(H,29,33). The van der Waals surface area contributed by atoms with E-state index in [4.69, 9.17) is 9.72 Å². The number of hydrogen-bond donors (Lipinski definition) is 1. The molecule has 0 radical (unpaired) electrons. The molecule has 1 saturated heterocycles. The molecule has 2 aromatic heterocycles. The zero-order valence-electron chi connectivity index (χ0n) is 20.6. The van der Waals surface area contributed by atoms with Crippen molar-refractivity contribution < 1.29 is 22.3 Å². The summed E-state index contributed by atoms with van der Waals surface area (Å²) in [5.74, 6) is 0.147. The Hall–Kier alpha value is -3.79. The molecule has 1 aliphatic heterocycles. The molecule has 1 amide bonds. The Morgan fingerprint density at radius 1 is 1.19 bits per heavy atom. The lowest BCUT2D eigenvalue weighted by atomic mass is 10.0. The van der Waals surface area contributed by atoms with Gasteiger partial charge >= 0.3 is 0 Å². The molecule has 4 aromatic rings. The number of fused-ring (bicyclic) bond motifs is 1. The van der Waals surface area contributed by atoms with Crippen molar-refractivity contribution in [3.63, 3.8) is 0 Å². The maximum absolute atomic E-state index is 13.4. The van der Waals surface area contributed by atoms with Crippen LogP contribution in [0.3, 0.4) is 0 Å². The summed E-state index contributed by atoms with van der Waals surface area (Å²) in [7, 11) is -1.57. The van der Waals surface area contributed by atoms with Gasteiger partial charge in [-0.3, -0.25) is 4.79 Å². The minimum Gasteiger partial charge on any atom is -0.497 e. The highest BCUT2D eigenvalue weighted by molar-refractivity contribution is 7.91. The lowest BCUT2D eigenvalue weighted by Gasteiger charge is -2.13. The number of rotatable bonds is 7. The molecular weight excluding hydrogens is 495 g/mol. The first-order valence-corrected chi connectivity index (χ1v) is 13.8. The normalized spacial score (nSPS) is 16.7. The van der Waals surface area contributed by atoms with Crippen LogP contribution in [0.4, 0.5) is 4.39 Å². The highest BCUT2D eigenvalue weighted by atomic mass is 32.2. The van der Waals surface area contributed by atoms with Gasteiger partial charge in [0, 0.05) is 12.1 Å². The number of pyridine rings is 1. The zero-order chi connectivity index (χ0) is 26.2. The van der Waals surface area contributed by atoms with E-state index in [2.05, 4.69) is 10.4 Å². The molecule has 2 aromatic carbocycles. The van der Waals surface area contributed by atoms with Crippen LogP contribution in [0.25, 0.3) is 22.3 Å². The average Bonchev–Trinajstić information content (AvgIpc) is 3.43. The van der Waals surface area contributed by atoms with Gasteiger partial charge in [-0.2, -0.15) is 5.10 Å². The molecular formula is C27H27FN4O4S. The van der Waals surface area contributed by atoms with Gasteiger partial charge in [-0.25, -0.2) is 22.5 Å². The molecule has 0 aliphatic carbocycles. The van der Waals surface area contributed by atoms with Crippen LogP contribution in [0.5, 0.6) is 5.75 Å². The van der Waals surface area contributed by atoms with Gasteiger partial charge in [-0.05, 0) is 55.7 Å². The fraction of sp³-hybridized carbons (Fsp3) is 0.296. The fourth-order valence-electron chi connectivity index (χ4n) is 4.71. The van der Waals surface area contributed by atoms with Crippen LogP contribution in [-0.2, 0) is 16.3 Å². The average molecular weight is 523 g/mol. The maximum Gasteiger partial charge on any atom is 0.252 e. The van der Waals surface area contributed by atoms with Crippen LogP contribution in [0, 0.1) is 12.7 Å². The number of amides is 1.